The predicted octanol–water partition coefficient (Wildman–Crippen LogP) is 24.9. The summed E-state index contributed by atoms with van der Waals surface area (Å²) in [6.45, 7) is 0. The van der Waals surface area contributed by atoms with Gasteiger partial charge in [-0.2, -0.15) is 15.0 Å². The maximum Gasteiger partial charge on any atom is 0.337 e. The molecule has 0 N–H and O–H groups in total. The second kappa shape index (κ2) is 23.9. The van der Waals surface area contributed by atoms with Crippen molar-refractivity contribution in [1.82, 2.24) is 57.8 Å². The largest absolute Gasteiger partial charge is 0.439 e. The summed E-state index contributed by atoms with van der Waals surface area (Å²) in [5, 5.41) is 32.1. The molecule has 28 rings (SSSR count). The summed E-state index contributed by atoms with van der Waals surface area (Å²) in [5.41, 5.74) is 16.6. The zero-order valence-corrected chi connectivity index (χ0v) is 61.1. The molecule has 0 aliphatic carbocycles. The lowest BCUT2D eigenvalue weighted by atomic mass is 10.1. The number of aromatic nitrogens is 12. The van der Waals surface area contributed by atoms with E-state index in [4.69, 9.17) is 50.0 Å². The van der Waals surface area contributed by atoms with Crippen LogP contribution in [0.1, 0.15) is 0 Å². The van der Waals surface area contributed by atoms with Crippen molar-refractivity contribution < 1.29 is 40.1 Å². The van der Waals surface area contributed by atoms with Crippen molar-refractivity contribution in [1.29, 1.82) is 0 Å². The highest BCUT2D eigenvalue weighted by Gasteiger charge is 2.31. The third kappa shape index (κ3) is 8.94. The minimum absolute atomic E-state index is 0.295. The highest BCUT2D eigenvalue weighted by molar-refractivity contribution is 6.25. The van der Waals surface area contributed by atoms with Crippen molar-refractivity contribution in [3.63, 3.8) is 0 Å². The Morgan fingerprint density at radius 1 is 0.197 bits per heavy atom. The van der Waals surface area contributed by atoms with Crippen molar-refractivity contribution in [2.75, 3.05) is 0 Å². The van der Waals surface area contributed by atoms with Gasteiger partial charge in [-0.15, -0.1) is 0 Å². The summed E-state index contributed by atoms with van der Waals surface area (Å²) < 4.78 is 67.7. The van der Waals surface area contributed by atoms with Gasteiger partial charge in [0, 0.05) is 75.9 Å². The maximum atomic E-state index is 6.68. The van der Waals surface area contributed by atoms with Crippen molar-refractivity contribution in [3.8, 4) is 47.0 Å². The second-order valence-corrected chi connectivity index (χ2v) is 29.0. The lowest BCUT2D eigenvalue weighted by Gasteiger charge is -2.06. The number of benzene rings is 13. The molecular weight excluding hydrogens is 1470 g/mol. The lowest BCUT2D eigenvalue weighted by Crippen LogP contribution is -1.98. The summed E-state index contributed by atoms with van der Waals surface area (Å²) in [5.74, 6) is 1.68. The summed E-state index contributed by atoms with van der Waals surface area (Å²) >= 11 is 0. The Morgan fingerprint density at radius 3 is 0.812 bits per heavy atom. The summed E-state index contributed by atoms with van der Waals surface area (Å²) in [4.78, 5) is 14.5. The Hall–Kier alpha value is -16.7. The van der Waals surface area contributed by atoms with Crippen LogP contribution in [0.4, 0.5) is 0 Å². The molecule has 15 heterocycles. The van der Waals surface area contributed by atoms with E-state index in [1.54, 1.807) is 0 Å². The lowest BCUT2D eigenvalue weighted by molar-refractivity contribution is 0.401. The molecule has 0 amide bonds. The fourth-order valence-electron chi connectivity index (χ4n) is 17.8. The van der Waals surface area contributed by atoms with Crippen LogP contribution in [0.25, 0.3) is 245 Å². The number of fused-ring (bicyclic) bond motifs is 30. The third-order valence-electron chi connectivity index (χ3n) is 22.7. The van der Waals surface area contributed by atoms with E-state index >= 15 is 0 Å². The summed E-state index contributed by atoms with van der Waals surface area (Å²) in [6.07, 6.45) is 0. The van der Waals surface area contributed by atoms with Gasteiger partial charge in [-0.05, 0) is 113 Å². The number of furan rings is 6. The van der Waals surface area contributed by atoms with Gasteiger partial charge >= 0.3 is 12.0 Å². The molecule has 21 nitrogen and oxygen atoms in total. The van der Waals surface area contributed by atoms with Gasteiger partial charge in [0.1, 0.15) is 33.5 Å². The van der Waals surface area contributed by atoms with E-state index in [1.165, 1.54) is 0 Å². The molecule has 550 valence electrons. The monoisotopic (exact) mass is 1520 g/mol. The molecule has 13 aromatic carbocycles. The number of para-hydroxylation sites is 11. The molecule has 0 radical (unpaired) electrons. The van der Waals surface area contributed by atoms with Gasteiger partial charge in [-0.1, -0.05) is 218 Å². The smallest absolute Gasteiger partial charge is 0.337 e. The van der Waals surface area contributed by atoms with Gasteiger partial charge < -0.3 is 40.1 Å². The third-order valence-corrected chi connectivity index (χ3v) is 22.7. The molecule has 15 aromatic heterocycles. The van der Waals surface area contributed by atoms with Crippen molar-refractivity contribution in [3.05, 3.63) is 315 Å². The van der Waals surface area contributed by atoms with Gasteiger partial charge in [0.05, 0.1) is 65.4 Å². The zero-order valence-electron chi connectivity index (χ0n) is 61.1. The first-order valence-corrected chi connectivity index (χ1v) is 38.1. The molecule has 117 heavy (non-hydrogen) atoms. The van der Waals surface area contributed by atoms with Crippen LogP contribution in [-0.4, -0.2) is 57.8 Å². The first kappa shape index (κ1) is 63.0. The van der Waals surface area contributed by atoms with Crippen LogP contribution in [0, 0.1) is 0 Å². The Balaban J connectivity index is 0.000000102. The highest BCUT2D eigenvalue weighted by Crippen LogP contribution is 2.47. The Labute approximate surface area is 654 Å². The SMILES string of the molecule is c1ccc(-c2nc(-n3c4ccccc4c4c5ccccc5oc43)no2)cc1.c1ccc2c(c1)oc1c2c2ccccc2n1-c1ccc2oc3c(c2c1)c1ccccc1n3-c1noc(-n2c3ccccc3c3c4ccccc4oc32)n1.c1ccc2c(c1)oc1c2c2ccccc2n1-c1noc(-n2c3ccccc3c3c4ccccc4oc32)n1. The molecule has 28 aromatic rings. The molecule has 21 heteroatoms. The van der Waals surface area contributed by atoms with Crippen molar-refractivity contribution >= 4 is 198 Å². The quantitative estimate of drug-likeness (QED) is 0.145. The predicted molar refractivity (Wildman–Crippen MR) is 453 cm³/mol. The number of nitrogens with zero attached hydrogens (tertiary/aromatic N) is 12. The minimum atomic E-state index is 0.295. The standard InChI is InChI=1S/C44H23N5O4.C30H16N4O3.C22H13N3O2/c1-6-16-31-25(11-1)37-28-14-4-9-19-34(28)50-40(37)47(31)24-21-22-36-30(23-24)39-26-12-2-7-17-32(26)48(41(39)52-36)43-45-44(53-46-43)49-33-18-8-3-13-27(33)38-29-15-5-10-20-35(29)51-42(38)49;1-5-13-21-17(9-1)25-19-11-3-7-15-23(19)35-27(25)33(21)29-31-30(37-32-29)34-22-14-6-2-10-18(22)26-20-12-4-8-16-24(20)36-28(26)34;1-2-8-14(9-3-1)20-23-22(24-27-20)25-17-12-6-4-10-15(17)19-16-11-5-7-13-18(16)26-21(19)25/h1-23H;1-16H;1-13H. The van der Waals surface area contributed by atoms with E-state index in [0.717, 1.165) is 186 Å². The second-order valence-electron chi connectivity index (χ2n) is 29.0. The zero-order chi connectivity index (χ0) is 76.2. The average molecular weight is 1520 g/mol. The minimum Gasteiger partial charge on any atom is -0.439 e. The molecule has 0 fully saturated rings. The molecule has 0 saturated carbocycles. The molecule has 0 aliphatic heterocycles. The van der Waals surface area contributed by atoms with Crippen LogP contribution < -0.4 is 0 Å². The van der Waals surface area contributed by atoms with Crippen LogP contribution in [-0.2, 0) is 0 Å². The fraction of sp³-hybridized carbons (Fsp3) is 0. The van der Waals surface area contributed by atoms with E-state index in [-0.39, 0.29) is 0 Å². The molecule has 0 aliphatic rings. The fourth-order valence-corrected chi connectivity index (χ4v) is 17.8. The van der Waals surface area contributed by atoms with E-state index in [0.29, 0.717) is 58.6 Å². The van der Waals surface area contributed by atoms with E-state index < -0.39 is 0 Å². The maximum absolute atomic E-state index is 6.68. The first-order chi connectivity index (χ1) is 58.1. The average Bonchev–Trinajstić information content (AvgIpc) is 1.56. The van der Waals surface area contributed by atoms with Crippen molar-refractivity contribution in [2.45, 2.75) is 0 Å². The van der Waals surface area contributed by atoms with Gasteiger partial charge in [0.15, 0.2) is 0 Å². The summed E-state index contributed by atoms with van der Waals surface area (Å²) in [7, 11) is 0. The van der Waals surface area contributed by atoms with Gasteiger partial charge in [-0.25, -0.2) is 22.8 Å². The van der Waals surface area contributed by atoms with E-state index in [1.807, 2.05) is 229 Å². The molecular formula is C96H52N12O9. The molecule has 0 spiro atoms. The highest BCUT2D eigenvalue weighted by atomic mass is 16.5. The Bertz CT molecular complexity index is 8810. The Morgan fingerprint density at radius 2 is 0.453 bits per heavy atom. The van der Waals surface area contributed by atoms with Gasteiger partial charge in [0.2, 0.25) is 34.3 Å². The van der Waals surface area contributed by atoms with Crippen LogP contribution in [0.15, 0.2) is 356 Å². The molecule has 0 bridgehead atoms. The number of rotatable bonds is 7. The van der Waals surface area contributed by atoms with Crippen LogP contribution in [0.3, 0.4) is 0 Å². The van der Waals surface area contributed by atoms with E-state index in [2.05, 4.69) is 134 Å². The first-order valence-electron chi connectivity index (χ1n) is 38.1. The summed E-state index contributed by atoms with van der Waals surface area (Å²) in [6, 6.07) is 106. The topological polar surface area (TPSA) is 225 Å². The number of hydrogen-bond acceptors (Lipinski definition) is 15. The number of hydrogen-bond donors (Lipinski definition) is 0. The normalized spacial score (nSPS) is 12.3. The van der Waals surface area contributed by atoms with Gasteiger partial charge in [-0.3, -0.25) is 4.57 Å². The van der Waals surface area contributed by atoms with Crippen LogP contribution in [0.5, 0.6) is 0 Å². The molecule has 0 saturated heterocycles. The van der Waals surface area contributed by atoms with Crippen molar-refractivity contribution in [2.24, 2.45) is 0 Å². The molecule has 0 unspecified atom stereocenters. The van der Waals surface area contributed by atoms with Crippen LogP contribution >= 0.6 is 0 Å². The van der Waals surface area contributed by atoms with Crippen LogP contribution in [0.2, 0.25) is 0 Å². The Kier molecular flexibility index (Phi) is 12.9. The molecule has 0 atom stereocenters. The van der Waals surface area contributed by atoms with Gasteiger partial charge in [0.25, 0.3) is 23.7 Å². The van der Waals surface area contributed by atoms with E-state index in [9.17, 15) is 0 Å².